The van der Waals surface area contributed by atoms with Crippen molar-refractivity contribution >= 4 is 23.8 Å². The number of nitrogens with zero attached hydrogens (tertiary/aromatic N) is 2. The molecular weight excluding hydrogens is 781 g/mol. The Balaban J connectivity index is 1.63. The fourth-order valence-corrected chi connectivity index (χ4v) is 8.15. The smallest absolute Gasteiger partial charge is 0.407 e. The Kier molecular flexibility index (Phi) is 22.1. The van der Waals surface area contributed by atoms with Crippen molar-refractivity contribution < 1.29 is 28.7 Å². The molecule has 346 valence electrons. The first-order chi connectivity index (χ1) is 29.3. The van der Waals surface area contributed by atoms with E-state index in [4.69, 9.17) is 19.4 Å². The van der Waals surface area contributed by atoms with Gasteiger partial charge in [-0.3, -0.25) is 24.4 Å². The molecule has 1 saturated carbocycles. The van der Waals surface area contributed by atoms with E-state index in [9.17, 15) is 19.2 Å². The molecule has 0 aromatic carbocycles. The summed E-state index contributed by atoms with van der Waals surface area (Å²) in [5, 5.41) is 11.5. The lowest BCUT2D eigenvalue weighted by Crippen LogP contribution is -2.53. The Morgan fingerprint density at radius 1 is 0.645 bits per heavy atom. The maximum absolute atomic E-state index is 13.9. The molecule has 0 bridgehead atoms. The Morgan fingerprint density at radius 2 is 1.13 bits per heavy atom. The molecule has 12 heteroatoms. The summed E-state index contributed by atoms with van der Waals surface area (Å²) < 4.78 is 11.5. The van der Waals surface area contributed by atoms with Crippen molar-refractivity contribution in [1.29, 1.82) is 0 Å². The van der Waals surface area contributed by atoms with E-state index in [1.165, 1.54) is 11.1 Å². The zero-order valence-corrected chi connectivity index (χ0v) is 40.2. The lowest BCUT2D eigenvalue weighted by atomic mass is 9.77. The first-order valence-corrected chi connectivity index (χ1v) is 23.4. The van der Waals surface area contributed by atoms with Gasteiger partial charge in [-0.25, -0.2) is 4.79 Å². The number of ether oxygens (including phenoxy) is 2. The van der Waals surface area contributed by atoms with E-state index in [1.54, 1.807) is 12.1 Å². The lowest BCUT2D eigenvalue weighted by molar-refractivity contribution is -0.123. The Hall–Kier alpha value is -4.32. The molecule has 0 radical (unpaired) electrons. The van der Waals surface area contributed by atoms with Crippen LogP contribution in [0.15, 0.2) is 35.4 Å². The quantitative estimate of drug-likeness (QED) is 0.0677. The molecule has 0 saturated heterocycles. The van der Waals surface area contributed by atoms with Crippen molar-refractivity contribution in [3.05, 3.63) is 69.3 Å². The fourth-order valence-electron chi connectivity index (χ4n) is 8.15. The molecule has 1 aliphatic carbocycles. The third-order valence-electron chi connectivity index (χ3n) is 11.0. The first kappa shape index (κ1) is 52.0. The number of allylic oxidation sites excluding steroid dienone is 2. The highest BCUT2D eigenvalue weighted by molar-refractivity contribution is 5.98. The summed E-state index contributed by atoms with van der Waals surface area (Å²) in [7, 11) is 0. The van der Waals surface area contributed by atoms with E-state index >= 15 is 0 Å². The lowest BCUT2D eigenvalue weighted by Gasteiger charge is -2.30. The molecule has 3 atom stereocenters. The van der Waals surface area contributed by atoms with Crippen LogP contribution in [0.3, 0.4) is 0 Å². The van der Waals surface area contributed by atoms with Gasteiger partial charge in [0.2, 0.25) is 5.91 Å². The number of nitrogens with one attached hydrogen (secondary N) is 4. The monoisotopic (exact) mass is 861 g/mol. The van der Waals surface area contributed by atoms with Gasteiger partial charge in [-0.05, 0) is 131 Å². The molecule has 0 aliphatic heterocycles. The summed E-state index contributed by atoms with van der Waals surface area (Å²) in [6.07, 6.45) is 7.07. The van der Waals surface area contributed by atoms with Crippen molar-refractivity contribution in [3.63, 3.8) is 0 Å². The SMILES string of the molecule is CC(C)=C1CCC(OC(=O)NCCOCCNC(=O)C(CNC(=O)c2cc(CC(C)C)nc(CC(C)C)c2)NC(=O)c2cc(CC(C)C)nc(CC(C)C)c2)CCCC1C(C)C. The molecule has 2 aromatic heterocycles. The minimum Gasteiger partial charge on any atom is -0.446 e. The molecule has 62 heavy (non-hydrogen) atoms. The highest BCUT2D eigenvalue weighted by Gasteiger charge is 2.26. The molecule has 4 amide bonds. The normalized spacial score (nSPS) is 16.3. The molecule has 1 aliphatic rings. The van der Waals surface area contributed by atoms with Gasteiger partial charge in [0.05, 0.1) is 13.2 Å². The fraction of sp³-hybridized carbons (Fsp3) is 0.680. The van der Waals surface area contributed by atoms with Crippen LogP contribution in [0.5, 0.6) is 0 Å². The summed E-state index contributed by atoms with van der Waals surface area (Å²) in [4.78, 5) is 63.5. The second kappa shape index (κ2) is 26.3. The largest absolute Gasteiger partial charge is 0.446 e. The summed E-state index contributed by atoms with van der Waals surface area (Å²) in [6, 6.07) is 6.11. The van der Waals surface area contributed by atoms with Crippen molar-refractivity contribution in [2.24, 2.45) is 35.5 Å². The number of alkyl carbamates (subject to hydrolysis) is 1. The number of pyridine rings is 2. The van der Waals surface area contributed by atoms with Crippen LogP contribution in [0, 0.1) is 35.5 Å². The maximum Gasteiger partial charge on any atom is 0.407 e. The Labute approximate surface area is 373 Å². The number of carbonyl (C=O) groups excluding carboxylic acids is 4. The van der Waals surface area contributed by atoms with E-state index in [0.717, 1.165) is 67.7 Å². The van der Waals surface area contributed by atoms with Gasteiger partial charge in [0.15, 0.2) is 0 Å². The number of hydrogen-bond acceptors (Lipinski definition) is 8. The van der Waals surface area contributed by atoms with Crippen LogP contribution in [-0.4, -0.2) is 78.8 Å². The highest BCUT2D eigenvalue weighted by Crippen LogP contribution is 2.35. The third-order valence-corrected chi connectivity index (χ3v) is 11.0. The topological polar surface area (TPSA) is 161 Å². The molecule has 4 N–H and O–H groups in total. The molecular formula is C50H80N6O6. The number of carbonyl (C=O) groups is 4. The molecule has 0 spiro atoms. The predicted octanol–water partition coefficient (Wildman–Crippen LogP) is 8.60. The van der Waals surface area contributed by atoms with E-state index in [0.29, 0.717) is 59.5 Å². The number of hydrogen-bond donors (Lipinski definition) is 4. The van der Waals surface area contributed by atoms with Crippen LogP contribution >= 0.6 is 0 Å². The zero-order valence-electron chi connectivity index (χ0n) is 40.2. The highest BCUT2D eigenvalue weighted by atomic mass is 16.6. The van der Waals surface area contributed by atoms with E-state index < -0.39 is 23.9 Å². The van der Waals surface area contributed by atoms with Gasteiger partial charge < -0.3 is 30.7 Å². The van der Waals surface area contributed by atoms with Gasteiger partial charge in [0.1, 0.15) is 12.1 Å². The number of aromatic nitrogens is 2. The molecule has 3 unspecified atom stereocenters. The van der Waals surface area contributed by atoms with E-state index in [-0.39, 0.29) is 44.9 Å². The zero-order chi connectivity index (χ0) is 45.9. The van der Waals surface area contributed by atoms with Crippen molar-refractivity contribution in [1.82, 2.24) is 31.2 Å². The summed E-state index contributed by atoms with van der Waals surface area (Å²) in [5.74, 6) is 1.35. The van der Waals surface area contributed by atoms with Crippen LogP contribution in [0.25, 0.3) is 0 Å². The van der Waals surface area contributed by atoms with E-state index in [2.05, 4.69) is 104 Å². The Morgan fingerprint density at radius 3 is 1.60 bits per heavy atom. The summed E-state index contributed by atoms with van der Waals surface area (Å²) >= 11 is 0. The average Bonchev–Trinajstić information content (AvgIpc) is 3.15. The van der Waals surface area contributed by atoms with E-state index in [1.807, 2.05) is 12.1 Å². The second-order valence-corrected chi connectivity index (χ2v) is 19.5. The molecule has 3 rings (SSSR count). The van der Waals surface area contributed by atoms with Crippen LogP contribution in [-0.2, 0) is 40.0 Å². The maximum atomic E-state index is 13.9. The van der Waals surface area contributed by atoms with Gasteiger partial charge in [0.25, 0.3) is 11.8 Å². The number of rotatable bonds is 22. The second-order valence-electron chi connectivity index (χ2n) is 19.5. The Bertz CT molecular complexity index is 1730. The van der Waals surface area contributed by atoms with Gasteiger partial charge in [-0.2, -0.15) is 0 Å². The predicted molar refractivity (Wildman–Crippen MR) is 248 cm³/mol. The minimum absolute atomic E-state index is 0.121. The van der Waals surface area contributed by atoms with Crippen molar-refractivity contribution in [2.45, 2.75) is 153 Å². The van der Waals surface area contributed by atoms with Crippen LogP contribution < -0.4 is 21.3 Å². The average molecular weight is 861 g/mol. The van der Waals surface area contributed by atoms with Gasteiger partial charge >= 0.3 is 6.09 Å². The number of amides is 4. The standard InChI is InChI=1S/C50H80N6O6/c1-31(2)22-39-26-37(27-40(54-39)23-32(3)4)47(57)53-30-46(56-48(58)38-28-41(24-33(5)6)55-42(29-38)25-34(7)8)49(59)51-18-20-61-21-19-52-50(60)62-43-14-13-15-44(35(9)10)45(17-16-43)36(11)12/h26-29,31-35,43-44,46H,13-25,30H2,1-12H3,(H,51,59)(H,52,60)(H,53,57)(H,56,58). The van der Waals surface area contributed by atoms with Crippen molar-refractivity contribution in [2.75, 3.05) is 32.8 Å². The van der Waals surface area contributed by atoms with Crippen LogP contribution in [0.1, 0.15) is 159 Å². The van der Waals surface area contributed by atoms with Crippen molar-refractivity contribution in [3.8, 4) is 0 Å². The van der Waals surface area contributed by atoms with Crippen LogP contribution in [0.4, 0.5) is 4.79 Å². The molecule has 12 nitrogen and oxygen atoms in total. The third kappa shape index (κ3) is 19.0. The van der Waals surface area contributed by atoms with Gasteiger partial charge in [-0.1, -0.05) is 80.4 Å². The first-order valence-electron chi connectivity index (χ1n) is 23.4. The summed E-state index contributed by atoms with van der Waals surface area (Å²) in [5.41, 5.74) is 7.10. The van der Waals surface area contributed by atoms with Gasteiger partial charge in [-0.15, -0.1) is 0 Å². The van der Waals surface area contributed by atoms with Gasteiger partial charge in [0, 0.05) is 53.5 Å². The minimum atomic E-state index is -1.08. The summed E-state index contributed by atoms with van der Waals surface area (Å²) in [6.45, 7) is 26.5. The molecule has 2 aromatic rings. The molecule has 2 heterocycles. The van der Waals surface area contributed by atoms with Crippen LogP contribution in [0.2, 0.25) is 0 Å². The molecule has 1 fully saturated rings.